The molecule has 3 rings (SSSR count). The molecular formula is C23H30N6O6. The minimum Gasteiger partial charge on any atom is -0.480 e. The van der Waals surface area contributed by atoms with Gasteiger partial charge in [-0.3, -0.25) is 14.4 Å². The molecule has 0 aliphatic carbocycles. The number of benzene rings is 1. The molecule has 0 spiro atoms. The molecule has 0 saturated carbocycles. The quantitative estimate of drug-likeness (QED) is 0.222. The molecule has 35 heavy (non-hydrogen) atoms. The first-order valence-electron chi connectivity index (χ1n) is 11.3. The van der Waals surface area contributed by atoms with Gasteiger partial charge in [-0.1, -0.05) is 30.3 Å². The molecule has 2 heterocycles. The maximum absolute atomic E-state index is 13.2. The van der Waals surface area contributed by atoms with Crippen molar-refractivity contribution in [2.75, 3.05) is 13.2 Å². The standard InChI is InChI=1S/C23H30N6O6/c24-16(12-30)22(33)29-8-4-7-19(29)21(32)27-17(9-14-5-2-1-3-6-14)20(31)28-18(23(34)35)10-15-11-25-13-26-15/h1-3,5-6,11,13,16-19,30H,4,7-10,12,24H2,(H,25,26)(H,27,32)(H,28,31)(H,34,35). The number of aromatic nitrogens is 2. The van der Waals surface area contributed by atoms with E-state index in [1.54, 1.807) is 24.3 Å². The maximum atomic E-state index is 13.2. The van der Waals surface area contributed by atoms with Crippen LogP contribution in [0.5, 0.6) is 0 Å². The fourth-order valence-corrected chi connectivity index (χ4v) is 4.01. The summed E-state index contributed by atoms with van der Waals surface area (Å²) in [5, 5.41) is 24.0. The molecule has 12 heteroatoms. The number of rotatable bonds is 11. The molecule has 1 aromatic heterocycles. The normalized spacial score (nSPS) is 17.9. The highest BCUT2D eigenvalue weighted by Gasteiger charge is 2.38. The Bertz CT molecular complexity index is 1010. The van der Waals surface area contributed by atoms with E-state index in [-0.39, 0.29) is 12.8 Å². The second-order valence-corrected chi connectivity index (χ2v) is 8.41. The van der Waals surface area contributed by atoms with E-state index in [9.17, 15) is 29.4 Å². The fraction of sp³-hybridized carbons (Fsp3) is 0.435. The Morgan fingerprint density at radius 3 is 2.51 bits per heavy atom. The predicted octanol–water partition coefficient (Wildman–Crippen LogP) is -1.44. The average molecular weight is 487 g/mol. The molecule has 1 fully saturated rings. The number of hydrogen-bond acceptors (Lipinski definition) is 7. The van der Waals surface area contributed by atoms with E-state index in [1.807, 2.05) is 6.07 Å². The van der Waals surface area contributed by atoms with Crippen LogP contribution < -0.4 is 16.4 Å². The Hall–Kier alpha value is -3.77. The van der Waals surface area contributed by atoms with Gasteiger partial charge in [-0.2, -0.15) is 0 Å². The molecule has 1 aliphatic rings. The van der Waals surface area contributed by atoms with Crippen LogP contribution in [0.4, 0.5) is 0 Å². The second-order valence-electron chi connectivity index (χ2n) is 8.41. The van der Waals surface area contributed by atoms with Crippen molar-refractivity contribution < 1.29 is 29.4 Å². The lowest BCUT2D eigenvalue weighted by Crippen LogP contribution is -2.57. The van der Waals surface area contributed by atoms with Gasteiger partial charge in [0.15, 0.2) is 0 Å². The Balaban J connectivity index is 1.76. The molecule has 0 radical (unpaired) electrons. The molecule has 12 nitrogen and oxygen atoms in total. The first-order valence-corrected chi connectivity index (χ1v) is 11.3. The number of nitrogens with two attached hydrogens (primary N) is 1. The Labute approximate surface area is 201 Å². The van der Waals surface area contributed by atoms with Crippen LogP contribution in [0.2, 0.25) is 0 Å². The van der Waals surface area contributed by atoms with Gasteiger partial charge in [0.1, 0.15) is 24.2 Å². The summed E-state index contributed by atoms with van der Waals surface area (Å²) in [6.45, 7) is -0.235. The minimum absolute atomic E-state index is 0.0168. The van der Waals surface area contributed by atoms with Crippen molar-refractivity contribution in [1.82, 2.24) is 25.5 Å². The predicted molar refractivity (Wildman–Crippen MR) is 124 cm³/mol. The number of aliphatic hydroxyl groups is 1. The number of likely N-dealkylation sites (tertiary alicyclic amines) is 1. The van der Waals surface area contributed by atoms with Gasteiger partial charge in [0.25, 0.3) is 0 Å². The highest BCUT2D eigenvalue weighted by Crippen LogP contribution is 2.19. The molecule has 4 unspecified atom stereocenters. The van der Waals surface area contributed by atoms with Gasteiger partial charge in [0, 0.05) is 31.3 Å². The third kappa shape index (κ3) is 6.87. The average Bonchev–Trinajstić information content (AvgIpc) is 3.55. The summed E-state index contributed by atoms with van der Waals surface area (Å²) in [7, 11) is 0. The smallest absolute Gasteiger partial charge is 0.326 e. The van der Waals surface area contributed by atoms with E-state index in [2.05, 4.69) is 20.6 Å². The van der Waals surface area contributed by atoms with Crippen LogP contribution in [-0.4, -0.2) is 86.1 Å². The molecule has 4 atom stereocenters. The zero-order chi connectivity index (χ0) is 25.4. The van der Waals surface area contributed by atoms with E-state index in [0.717, 1.165) is 5.56 Å². The van der Waals surface area contributed by atoms with Gasteiger partial charge < -0.3 is 36.5 Å². The summed E-state index contributed by atoms with van der Waals surface area (Å²) in [4.78, 5) is 58.5. The fourth-order valence-electron chi connectivity index (χ4n) is 4.01. The van der Waals surface area contributed by atoms with Crippen LogP contribution in [0.15, 0.2) is 42.9 Å². The summed E-state index contributed by atoms with van der Waals surface area (Å²) in [5.41, 5.74) is 6.94. The van der Waals surface area contributed by atoms with Crippen LogP contribution in [0.3, 0.4) is 0 Å². The molecule has 0 bridgehead atoms. The maximum Gasteiger partial charge on any atom is 0.326 e. The number of amides is 3. The number of aromatic amines is 1. The van der Waals surface area contributed by atoms with Gasteiger partial charge in [-0.15, -0.1) is 0 Å². The summed E-state index contributed by atoms with van der Waals surface area (Å²) in [5.74, 6) is -2.99. The van der Waals surface area contributed by atoms with Gasteiger partial charge in [0.05, 0.1) is 12.9 Å². The number of carboxylic acids is 1. The van der Waals surface area contributed by atoms with Crippen molar-refractivity contribution in [2.45, 2.75) is 49.9 Å². The zero-order valence-corrected chi connectivity index (χ0v) is 19.1. The SMILES string of the molecule is NC(CO)C(=O)N1CCCC1C(=O)NC(Cc1ccccc1)C(=O)NC(Cc1cnc[nH]1)C(=O)O. The van der Waals surface area contributed by atoms with E-state index >= 15 is 0 Å². The topological polar surface area (TPSA) is 191 Å². The highest BCUT2D eigenvalue weighted by atomic mass is 16.4. The molecule has 1 aromatic carbocycles. The lowest BCUT2D eigenvalue weighted by atomic mass is 10.0. The third-order valence-electron chi connectivity index (χ3n) is 5.86. The van der Waals surface area contributed by atoms with Crippen molar-refractivity contribution in [3.63, 3.8) is 0 Å². The number of carbonyl (C=O) groups is 4. The van der Waals surface area contributed by atoms with Crippen molar-refractivity contribution in [1.29, 1.82) is 0 Å². The number of H-pyrrole nitrogens is 1. The van der Waals surface area contributed by atoms with Gasteiger partial charge in [-0.25, -0.2) is 9.78 Å². The van der Waals surface area contributed by atoms with Gasteiger partial charge in [0.2, 0.25) is 17.7 Å². The van der Waals surface area contributed by atoms with Gasteiger partial charge >= 0.3 is 5.97 Å². The summed E-state index contributed by atoms with van der Waals surface area (Å²) in [6.07, 6.45) is 3.93. The molecule has 1 aliphatic heterocycles. The lowest BCUT2D eigenvalue weighted by Gasteiger charge is -2.28. The van der Waals surface area contributed by atoms with Crippen LogP contribution in [0.1, 0.15) is 24.1 Å². The number of aliphatic carboxylic acids is 1. The molecule has 3 amide bonds. The van der Waals surface area contributed by atoms with E-state index in [0.29, 0.717) is 25.1 Å². The molecular weight excluding hydrogens is 456 g/mol. The zero-order valence-electron chi connectivity index (χ0n) is 19.1. The highest BCUT2D eigenvalue weighted by molar-refractivity contribution is 5.94. The number of carbonyl (C=O) groups excluding carboxylic acids is 3. The Kier molecular flexibility index (Phi) is 8.92. The molecule has 188 valence electrons. The first-order chi connectivity index (χ1) is 16.8. The first kappa shape index (κ1) is 25.8. The van der Waals surface area contributed by atoms with Crippen molar-refractivity contribution >= 4 is 23.7 Å². The minimum atomic E-state index is -1.25. The van der Waals surface area contributed by atoms with Crippen molar-refractivity contribution in [2.24, 2.45) is 5.73 Å². The number of nitrogens with one attached hydrogen (secondary N) is 3. The van der Waals surface area contributed by atoms with E-state index in [1.165, 1.54) is 17.4 Å². The number of nitrogens with zero attached hydrogens (tertiary/aromatic N) is 2. The van der Waals surface area contributed by atoms with Gasteiger partial charge in [-0.05, 0) is 18.4 Å². The lowest BCUT2D eigenvalue weighted by molar-refractivity contribution is -0.143. The molecule has 7 N–H and O–H groups in total. The largest absolute Gasteiger partial charge is 0.480 e. The monoisotopic (exact) mass is 486 g/mol. The van der Waals surface area contributed by atoms with Crippen LogP contribution in [-0.2, 0) is 32.0 Å². The Morgan fingerprint density at radius 2 is 1.89 bits per heavy atom. The third-order valence-corrected chi connectivity index (χ3v) is 5.86. The molecule has 2 aromatic rings. The number of imidazole rings is 1. The number of hydrogen-bond donors (Lipinski definition) is 6. The van der Waals surface area contributed by atoms with Crippen molar-refractivity contribution in [3.05, 3.63) is 54.1 Å². The number of carboxylic acid groups (broad SMARTS) is 1. The summed E-state index contributed by atoms with van der Waals surface area (Å²) < 4.78 is 0. The summed E-state index contributed by atoms with van der Waals surface area (Å²) >= 11 is 0. The van der Waals surface area contributed by atoms with E-state index in [4.69, 9.17) is 5.73 Å². The second kappa shape index (κ2) is 12.1. The van der Waals surface area contributed by atoms with Crippen LogP contribution in [0, 0.1) is 0 Å². The Morgan fingerprint density at radius 1 is 1.14 bits per heavy atom. The van der Waals surface area contributed by atoms with Crippen LogP contribution in [0.25, 0.3) is 0 Å². The molecule has 1 saturated heterocycles. The van der Waals surface area contributed by atoms with E-state index < -0.39 is 54.5 Å². The number of aliphatic hydroxyl groups excluding tert-OH is 1. The van der Waals surface area contributed by atoms with Crippen LogP contribution >= 0.6 is 0 Å². The summed E-state index contributed by atoms with van der Waals surface area (Å²) in [6, 6.07) is 4.67. The van der Waals surface area contributed by atoms with Crippen molar-refractivity contribution in [3.8, 4) is 0 Å².